The molecule has 2 aromatic carbocycles. The number of alkyl carbamates (subject to hydrolysis) is 1. The Morgan fingerprint density at radius 2 is 1.65 bits per heavy atom. The first-order chi connectivity index (χ1) is 15.0. The number of amides is 2. The lowest BCUT2D eigenvalue weighted by Crippen LogP contribution is -2.44. The fourth-order valence-electron chi connectivity index (χ4n) is 5.53. The van der Waals surface area contributed by atoms with Gasteiger partial charge in [-0.2, -0.15) is 0 Å². The second-order valence-electron chi connectivity index (χ2n) is 8.46. The quantitative estimate of drug-likeness (QED) is 0.775. The van der Waals surface area contributed by atoms with Crippen molar-refractivity contribution in [2.24, 2.45) is 5.92 Å². The van der Waals surface area contributed by atoms with Gasteiger partial charge >= 0.3 is 12.1 Å². The minimum absolute atomic E-state index is 0.0390. The highest BCUT2D eigenvalue weighted by Gasteiger charge is 2.51. The van der Waals surface area contributed by atoms with Crippen molar-refractivity contribution in [2.45, 2.75) is 37.3 Å². The standard InChI is InChI=1S/C24H24N2O5/c27-22(26-14-9-10-21(26)19(11-14)23(28)29)12-25-24(30)31-13-20-17-7-3-1-5-15(17)16-6-2-4-8-18(16)20/h1-8,14,19-21H,9-13H2,(H,25,30)(H,28,29). The molecule has 160 valence electrons. The molecule has 2 amide bonds. The number of fused-ring (bicyclic) bond motifs is 5. The van der Waals surface area contributed by atoms with Crippen LogP contribution in [0.4, 0.5) is 4.79 Å². The zero-order valence-electron chi connectivity index (χ0n) is 17.0. The van der Waals surface area contributed by atoms with Crippen LogP contribution in [0.3, 0.4) is 0 Å². The summed E-state index contributed by atoms with van der Waals surface area (Å²) in [4.78, 5) is 38.0. The van der Waals surface area contributed by atoms with Crippen LogP contribution < -0.4 is 5.32 Å². The van der Waals surface area contributed by atoms with Gasteiger partial charge in [0.25, 0.3) is 0 Å². The molecule has 5 rings (SSSR count). The number of aliphatic carboxylic acids is 1. The Balaban J connectivity index is 1.18. The number of hydrogen-bond acceptors (Lipinski definition) is 4. The third-order valence-electron chi connectivity index (χ3n) is 6.87. The fraction of sp³-hybridized carbons (Fsp3) is 0.375. The van der Waals surface area contributed by atoms with Gasteiger partial charge in [-0.1, -0.05) is 48.5 Å². The van der Waals surface area contributed by atoms with Crippen molar-refractivity contribution < 1.29 is 24.2 Å². The molecule has 7 nitrogen and oxygen atoms in total. The van der Waals surface area contributed by atoms with E-state index in [1.165, 1.54) is 0 Å². The Morgan fingerprint density at radius 3 is 2.26 bits per heavy atom. The van der Waals surface area contributed by atoms with Crippen molar-refractivity contribution in [1.82, 2.24) is 10.2 Å². The van der Waals surface area contributed by atoms with Crippen LogP contribution in [0.1, 0.15) is 36.3 Å². The van der Waals surface area contributed by atoms with E-state index in [4.69, 9.17) is 4.74 Å². The summed E-state index contributed by atoms with van der Waals surface area (Å²) >= 11 is 0. The van der Waals surface area contributed by atoms with Crippen LogP contribution in [0, 0.1) is 5.92 Å². The molecular weight excluding hydrogens is 396 g/mol. The van der Waals surface area contributed by atoms with E-state index in [1.807, 2.05) is 36.4 Å². The molecule has 2 N–H and O–H groups in total. The van der Waals surface area contributed by atoms with E-state index in [1.54, 1.807) is 4.90 Å². The molecule has 2 aliphatic heterocycles. The van der Waals surface area contributed by atoms with Gasteiger partial charge < -0.3 is 20.1 Å². The van der Waals surface area contributed by atoms with E-state index < -0.39 is 18.0 Å². The van der Waals surface area contributed by atoms with Gasteiger partial charge in [-0.3, -0.25) is 9.59 Å². The smallest absolute Gasteiger partial charge is 0.407 e. The van der Waals surface area contributed by atoms with Gasteiger partial charge in [0.15, 0.2) is 0 Å². The summed E-state index contributed by atoms with van der Waals surface area (Å²) in [5.74, 6) is -1.64. The number of nitrogens with zero attached hydrogens (tertiary/aromatic N) is 1. The van der Waals surface area contributed by atoms with Crippen LogP contribution in [0.2, 0.25) is 0 Å². The summed E-state index contributed by atoms with van der Waals surface area (Å²) in [5.41, 5.74) is 4.56. The molecule has 2 aromatic rings. The highest BCUT2D eigenvalue weighted by molar-refractivity contribution is 5.85. The average Bonchev–Trinajstić information content (AvgIpc) is 3.46. The van der Waals surface area contributed by atoms with Gasteiger partial charge in [0.1, 0.15) is 13.2 Å². The number of nitrogens with one attached hydrogen (secondary N) is 1. The zero-order chi connectivity index (χ0) is 21.5. The number of carboxylic acids is 1. The van der Waals surface area contributed by atoms with Gasteiger partial charge in [0.05, 0.1) is 5.92 Å². The van der Waals surface area contributed by atoms with E-state index in [0.29, 0.717) is 12.8 Å². The number of carbonyl (C=O) groups is 3. The van der Waals surface area contributed by atoms with Crippen LogP contribution in [0.5, 0.6) is 0 Å². The first-order valence-electron chi connectivity index (χ1n) is 10.7. The number of ether oxygens (including phenoxy) is 1. The molecule has 2 heterocycles. The van der Waals surface area contributed by atoms with E-state index in [-0.39, 0.29) is 37.1 Å². The molecule has 0 aromatic heterocycles. The molecule has 2 saturated heterocycles. The Labute approximate surface area is 180 Å². The molecule has 31 heavy (non-hydrogen) atoms. The summed E-state index contributed by atoms with van der Waals surface area (Å²) in [7, 11) is 0. The second kappa shape index (κ2) is 7.72. The summed E-state index contributed by atoms with van der Waals surface area (Å²) in [6.07, 6.45) is 1.39. The molecule has 0 radical (unpaired) electrons. The highest BCUT2D eigenvalue weighted by atomic mass is 16.5. The van der Waals surface area contributed by atoms with Crippen molar-refractivity contribution in [3.8, 4) is 11.1 Å². The number of carbonyl (C=O) groups excluding carboxylic acids is 2. The Morgan fingerprint density at radius 1 is 1.00 bits per heavy atom. The second-order valence-corrected chi connectivity index (χ2v) is 8.46. The van der Waals surface area contributed by atoms with Crippen molar-refractivity contribution in [3.63, 3.8) is 0 Å². The molecule has 3 unspecified atom stereocenters. The Bertz CT molecular complexity index is 1010. The topological polar surface area (TPSA) is 95.9 Å². The van der Waals surface area contributed by atoms with Crippen LogP contribution in [-0.2, 0) is 14.3 Å². The highest BCUT2D eigenvalue weighted by Crippen LogP contribution is 2.44. The number of hydrogen-bond donors (Lipinski definition) is 2. The molecule has 0 saturated carbocycles. The Hall–Kier alpha value is -3.35. The van der Waals surface area contributed by atoms with E-state index in [2.05, 4.69) is 17.4 Å². The minimum atomic E-state index is -0.852. The van der Waals surface area contributed by atoms with Crippen molar-refractivity contribution in [3.05, 3.63) is 59.7 Å². The minimum Gasteiger partial charge on any atom is -0.481 e. The lowest BCUT2D eigenvalue weighted by Gasteiger charge is -2.23. The predicted octanol–water partition coefficient (Wildman–Crippen LogP) is 2.99. The normalized spacial score (nSPS) is 23.4. The zero-order valence-corrected chi connectivity index (χ0v) is 17.0. The van der Waals surface area contributed by atoms with Crippen molar-refractivity contribution in [1.29, 1.82) is 0 Å². The first kappa shape index (κ1) is 19.6. The van der Waals surface area contributed by atoms with Gasteiger partial charge in [0, 0.05) is 18.0 Å². The Kier molecular flexibility index (Phi) is 4.88. The largest absolute Gasteiger partial charge is 0.481 e. The van der Waals surface area contributed by atoms with Gasteiger partial charge in [-0.15, -0.1) is 0 Å². The maximum Gasteiger partial charge on any atom is 0.407 e. The number of benzene rings is 2. The van der Waals surface area contributed by atoms with Crippen molar-refractivity contribution >= 4 is 18.0 Å². The maximum absolute atomic E-state index is 12.6. The lowest BCUT2D eigenvalue weighted by atomic mass is 9.89. The maximum atomic E-state index is 12.6. The number of carboxylic acid groups (broad SMARTS) is 1. The first-order valence-corrected chi connectivity index (χ1v) is 10.7. The van der Waals surface area contributed by atoms with Gasteiger partial charge in [-0.25, -0.2) is 4.79 Å². The van der Waals surface area contributed by atoms with E-state index >= 15 is 0 Å². The third-order valence-corrected chi connectivity index (χ3v) is 6.87. The summed E-state index contributed by atoms with van der Waals surface area (Å²) < 4.78 is 5.47. The van der Waals surface area contributed by atoms with Crippen LogP contribution >= 0.6 is 0 Å². The summed E-state index contributed by atoms with van der Waals surface area (Å²) in [6, 6.07) is 15.9. The van der Waals surface area contributed by atoms with E-state index in [0.717, 1.165) is 28.7 Å². The molecule has 1 aliphatic carbocycles. The fourth-order valence-corrected chi connectivity index (χ4v) is 5.53. The van der Waals surface area contributed by atoms with Gasteiger partial charge in [0.2, 0.25) is 5.91 Å². The molecule has 7 heteroatoms. The van der Waals surface area contributed by atoms with Crippen LogP contribution in [0.15, 0.2) is 48.5 Å². The monoisotopic (exact) mass is 420 g/mol. The average molecular weight is 420 g/mol. The van der Waals surface area contributed by atoms with Gasteiger partial charge in [-0.05, 0) is 41.5 Å². The summed E-state index contributed by atoms with van der Waals surface area (Å²) in [5, 5.41) is 11.9. The van der Waals surface area contributed by atoms with Crippen LogP contribution in [0.25, 0.3) is 11.1 Å². The SMILES string of the molecule is O=C(NCC(=O)N1C2CCC1C(C(=O)O)C2)OCC1c2ccccc2-c2ccccc21. The third kappa shape index (κ3) is 3.34. The number of rotatable bonds is 5. The summed E-state index contributed by atoms with van der Waals surface area (Å²) in [6.45, 7) is 0.000115. The molecule has 3 aliphatic rings. The van der Waals surface area contributed by atoms with Crippen molar-refractivity contribution in [2.75, 3.05) is 13.2 Å². The molecule has 0 spiro atoms. The molecular formula is C24H24N2O5. The van der Waals surface area contributed by atoms with Crippen LogP contribution in [-0.4, -0.2) is 53.2 Å². The lowest BCUT2D eigenvalue weighted by molar-refractivity contribution is -0.143. The molecule has 3 atom stereocenters. The molecule has 2 bridgehead atoms. The van der Waals surface area contributed by atoms with E-state index in [9.17, 15) is 19.5 Å². The molecule has 2 fully saturated rings. The predicted molar refractivity (Wildman–Crippen MR) is 112 cm³/mol.